The number of benzene rings is 2. The van der Waals surface area contributed by atoms with Crippen LogP contribution in [-0.2, 0) is 6.42 Å². The molecule has 0 spiro atoms. The highest BCUT2D eigenvalue weighted by atomic mass is 14.7. The Labute approximate surface area is 94.7 Å². The molecule has 0 unspecified atom stereocenters. The van der Waals surface area contributed by atoms with Gasteiger partial charge in [-0.1, -0.05) is 42.5 Å². The van der Waals surface area contributed by atoms with Gasteiger partial charge in [-0.05, 0) is 29.7 Å². The predicted octanol–water partition coefficient (Wildman–Crippen LogP) is 3.76. The molecule has 0 radical (unpaired) electrons. The van der Waals surface area contributed by atoms with Crippen LogP contribution in [0, 0.1) is 0 Å². The molecular formula is C15H13N. The molecule has 0 saturated carbocycles. The molecule has 0 aliphatic rings. The molecule has 1 heterocycles. The van der Waals surface area contributed by atoms with E-state index in [1.165, 1.54) is 22.0 Å². The summed E-state index contributed by atoms with van der Waals surface area (Å²) in [7, 11) is 0. The van der Waals surface area contributed by atoms with Crippen molar-refractivity contribution >= 4 is 10.9 Å². The van der Waals surface area contributed by atoms with Gasteiger partial charge >= 0.3 is 0 Å². The summed E-state index contributed by atoms with van der Waals surface area (Å²) >= 11 is 0. The molecule has 16 heavy (non-hydrogen) atoms. The monoisotopic (exact) mass is 207 g/mol. The van der Waals surface area contributed by atoms with E-state index in [9.17, 15) is 0 Å². The molecule has 1 nitrogen and oxygen atoms in total. The normalized spacial score (nSPS) is 10.8. The second-order valence-corrected chi connectivity index (χ2v) is 4.02. The van der Waals surface area contributed by atoms with Gasteiger partial charge in [0.1, 0.15) is 0 Å². The minimum Gasteiger partial charge on any atom is -0.361 e. The maximum absolute atomic E-state index is 3.25. The smallest absolute Gasteiger partial charge is 0.0456 e. The third kappa shape index (κ3) is 1.61. The van der Waals surface area contributed by atoms with Crippen molar-refractivity contribution in [2.24, 2.45) is 0 Å². The van der Waals surface area contributed by atoms with E-state index in [2.05, 4.69) is 59.6 Å². The van der Waals surface area contributed by atoms with Crippen LogP contribution in [-0.4, -0.2) is 4.98 Å². The van der Waals surface area contributed by atoms with Crippen molar-refractivity contribution in [2.45, 2.75) is 6.42 Å². The topological polar surface area (TPSA) is 15.8 Å². The molecule has 2 aromatic carbocycles. The SMILES string of the molecule is c1ccc(Cc2cccc3[nH]ccc23)cc1. The quantitative estimate of drug-likeness (QED) is 0.658. The molecule has 1 heteroatoms. The largest absolute Gasteiger partial charge is 0.361 e. The molecule has 0 saturated heterocycles. The Bertz CT molecular complexity index is 593. The van der Waals surface area contributed by atoms with Gasteiger partial charge in [0.25, 0.3) is 0 Å². The molecule has 78 valence electrons. The number of nitrogens with one attached hydrogen (secondary N) is 1. The lowest BCUT2D eigenvalue weighted by Gasteiger charge is -2.03. The summed E-state index contributed by atoms with van der Waals surface area (Å²) in [4.78, 5) is 3.25. The molecule has 1 N–H and O–H groups in total. The van der Waals surface area contributed by atoms with Gasteiger partial charge in [-0.15, -0.1) is 0 Å². The van der Waals surface area contributed by atoms with Gasteiger partial charge in [0.2, 0.25) is 0 Å². The van der Waals surface area contributed by atoms with E-state index in [4.69, 9.17) is 0 Å². The van der Waals surface area contributed by atoms with E-state index in [0.717, 1.165) is 6.42 Å². The minimum atomic E-state index is 0.996. The number of rotatable bonds is 2. The Morgan fingerprint density at radius 1 is 0.812 bits per heavy atom. The number of aromatic nitrogens is 1. The first kappa shape index (κ1) is 9.22. The second kappa shape index (κ2) is 3.86. The van der Waals surface area contributed by atoms with Crippen molar-refractivity contribution < 1.29 is 0 Å². The highest BCUT2D eigenvalue weighted by Crippen LogP contribution is 2.20. The Hall–Kier alpha value is -2.02. The number of hydrogen-bond acceptors (Lipinski definition) is 0. The van der Waals surface area contributed by atoms with Crippen LogP contribution in [0.4, 0.5) is 0 Å². The second-order valence-electron chi connectivity index (χ2n) is 4.02. The molecular weight excluding hydrogens is 194 g/mol. The van der Waals surface area contributed by atoms with Gasteiger partial charge < -0.3 is 4.98 Å². The molecule has 0 bridgehead atoms. The van der Waals surface area contributed by atoms with Gasteiger partial charge in [-0.25, -0.2) is 0 Å². The van der Waals surface area contributed by atoms with Crippen molar-refractivity contribution in [1.29, 1.82) is 0 Å². The summed E-state index contributed by atoms with van der Waals surface area (Å²) < 4.78 is 0. The maximum Gasteiger partial charge on any atom is 0.0456 e. The number of aromatic amines is 1. The average molecular weight is 207 g/mol. The van der Waals surface area contributed by atoms with E-state index >= 15 is 0 Å². The van der Waals surface area contributed by atoms with Crippen LogP contribution in [0.25, 0.3) is 10.9 Å². The van der Waals surface area contributed by atoms with Crippen molar-refractivity contribution in [3.05, 3.63) is 71.9 Å². The van der Waals surface area contributed by atoms with Gasteiger partial charge in [0.15, 0.2) is 0 Å². The summed E-state index contributed by atoms with van der Waals surface area (Å²) in [5.41, 5.74) is 3.95. The fourth-order valence-electron chi connectivity index (χ4n) is 2.12. The lowest BCUT2D eigenvalue weighted by molar-refractivity contribution is 1.21. The van der Waals surface area contributed by atoms with Gasteiger partial charge in [-0.3, -0.25) is 0 Å². The molecule has 1 aromatic heterocycles. The highest BCUT2D eigenvalue weighted by molar-refractivity contribution is 5.83. The number of H-pyrrole nitrogens is 1. The average Bonchev–Trinajstić information content (AvgIpc) is 2.80. The van der Waals surface area contributed by atoms with Crippen LogP contribution in [0.1, 0.15) is 11.1 Å². The third-order valence-electron chi connectivity index (χ3n) is 2.92. The predicted molar refractivity (Wildman–Crippen MR) is 67.5 cm³/mol. The van der Waals surface area contributed by atoms with Crippen molar-refractivity contribution in [1.82, 2.24) is 4.98 Å². The summed E-state index contributed by atoms with van der Waals surface area (Å²) in [5, 5.41) is 1.33. The molecule has 3 rings (SSSR count). The van der Waals surface area contributed by atoms with E-state index in [1.807, 2.05) is 6.20 Å². The molecule has 0 fully saturated rings. The zero-order chi connectivity index (χ0) is 10.8. The molecule has 3 aromatic rings. The van der Waals surface area contributed by atoms with Crippen molar-refractivity contribution in [3.63, 3.8) is 0 Å². The summed E-state index contributed by atoms with van der Waals surface area (Å²) in [5.74, 6) is 0. The minimum absolute atomic E-state index is 0.996. The lowest BCUT2D eigenvalue weighted by atomic mass is 10.0. The maximum atomic E-state index is 3.25. The van der Waals surface area contributed by atoms with Gasteiger partial charge in [0.05, 0.1) is 0 Å². The van der Waals surface area contributed by atoms with Gasteiger partial charge in [-0.2, -0.15) is 0 Å². The first-order valence-corrected chi connectivity index (χ1v) is 5.52. The van der Waals surface area contributed by atoms with Crippen LogP contribution in [0.3, 0.4) is 0 Å². The van der Waals surface area contributed by atoms with Crippen LogP contribution in [0.2, 0.25) is 0 Å². The lowest BCUT2D eigenvalue weighted by Crippen LogP contribution is -1.87. The summed E-state index contributed by atoms with van der Waals surface area (Å²) in [6, 6.07) is 19.1. The molecule has 0 atom stereocenters. The first-order chi connectivity index (χ1) is 7.93. The van der Waals surface area contributed by atoms with E-state index < -0.39 is 0 Å². The van der Waals surface area contributed by atoms with Crippen LogP contribution < -0.4 is 0 Å². The zero-order valence-electron chi connectivity index (χ0n) is 8.98. The Morgan fingerprint density at radius 2 is 1.69 bits per heavy atom. The van der Waals surface area contributed by atoms with E-state index in [0.29, 0.717) is 0 Å². The van der Waals surface area contributed by atoms with Crippen molar-refractivity contribution in [2.75, 3.05) is 0 Å². The zero-order valence-corrected chi connectivity index (χ0v) is 8.98. The molecule has 0 aliphatic carbocycles. The summed E-state index contributed by atoms with van der Waals surface area (Å²) in [6.45, 7) is 0. The molecule has 0 amide bonds. The van der Waals surface area contributed by atoms with E-state index in [1.54, 1.807) is 0 Å². The van der Waals surface area contributed by atoms with Crippen LogP contribution in [0.15, 0.2) is 60.8 Å². The fourth-order valence-corrected chi connectivity index (χ4v) is 2.12. The Balaban J connectivity index is 2.04. The highest BCUT2D eigenvalue weighted by Gasteiger charge is 2.01. The number of hydrogen-bond donors (Lipinski definition) is 1. The third-order valence-corrected chi connectivity index (χ3v) is 2.92. The molecule has 0 aliphatic heterocycles. The van der Waals surface area contributed by atoms with Gasteiger partial charge in [0, 0.05) is 17.1 Å². The summed E-state index contributed by atoms with van der Waals surface area (Å²) in [6.07, 6.45) is 3.00. The van der Waals surface area contributed by atoms with Crippen molar-refractivity contribution in [3.8, 4) is 0 Å². The van der Waals surface area contributed by atoms with Crippen LogP contribution >= 0.6 is 0 Å². The Morgan fingerprint density at radius 3 is 2.56 bits per heavy atom. The van der Waals surface area contributed by atoms with E-state index in [-0.39, 0.29) is 0 Å². The first-order valence-electron chi connectivity index (χ1n) is 5.52. The number of fused-ring (bicyclic) bond motifs is 1. The standard InChI is InChI=1S/C15H13N/c1-2-5-12(6-3-1)11-13-7-4-8-15-14(13)9-10-16-15/h1-10,16H,11H2. The fraction of sp³-hybridized carbons (Fsp3) is 0.0667. The Kier molecular flexibility index (Phi) is 2.22. The van der Waals surface area contributed by atoms with Crippen LogP contribution in [0.5, 0.6) is 0 Å².